The first-order chi connectivity index (χ1) is 10.2. The molecule has 1 saturated heterocycles. The van der Waals surface area contributed by atoms with Gasteiger partial charge < -0.3 is 19.9 Å². The van der Waals surface area contributed by atoms with E-state index < -0.39 is 0 Å². The van der Waals surface area contributed by atoms with Crippen LogP contribution in [-0.2, 0) is 6.54 Å². The van der Waals surface area contributed by atoms with E-state index in [0.29, 0.717) is 0 Å². The highest BCUT2D eigenvalue weighted by Crippen LogP contribution is 2.32. The Kier molecular flexibility index (Phi) is 6.33. The number of hydrogen-bond acceptors (Lipinski definition) is 4. The Morgan fingerprint density at radius 3 is 2.67 bits per heavy atom. The van der Waals surface area contributed by atoms with Crippen molar-refractivity contribution in [3.63, 3.8) is 0 Å². The van der Waals surface area contributed by atoms with Crippen LogP contribution in [0.2, 0.25) is 0 Å². The molecule has 0 bridgehead atoms. The summed E-state index contributed by atoms with van der Waals surface area (Å²) in [4.78, 5) is 4.63. The third kappa shape index (κ3) is 4.90. The van der Waals surface area contributed by atoms with Crippen LogP contribution in [-0.4, -0.2) is 51.8 Å². The highest BCUT2D eigenvalue weighted by Gasteiger charge is 2.16. The maximum atomic E-state index is 5.86. The summed E-state index contributed by atoms with van der Waals surface area (Å²) in [5, 5.41) is 3.48. The summed E-state index contributed by atoms with van der Waals surface area (Å²) in [5.74, 6) is 1.03. The first kappa shape index (κ1) is 16.1. The molecule has 0 atom stereocenters. The maximum Gasteiger partial charge on any atom is 0.142 e. The molecule has 1 aromatic carbocycles. The number of likely N-dealkylation sites (N-methyl/N-ethyl adjacent to an activating group) is 1. The smallest absolute Gasteiger partial charge is 0.142 e. The van der Waals surface area contributed by atoms with Crippen LogP contribution in [0.5, 0.6) is 5.75 Å². The van der Waals surface area contributed by atoms with Crippen molar-refractivity contribution >= 4 is 5.69 Å². The van der Waals surface area contributed by atoms with Crippen LogP contribution in [0.1, 0.15) is 25.3 Å². The summed E-state index contributed by atoms with van der Waals surface area (Å²) in [7, 11) is 4.19. The van der Waals surface area contributed by atoms with Gasteiger partial charge >= 0.3 is 0 Å². The van der Waals surface area contributed by atoms with Crippen LogP contribution >= 0.6 is 0 Å². The molecule has 0 saturated carbocycles. The molecule has 0 aliphatic carbocycles. The van der Waals surface area contributed by atoms with Gasteiger partial charge in [0, 0.05) is 32.7 Å². The number of benzene rings is 1. The van der Waals surface area contributed by atoms with Gasteiger partial charge in [0.2, 0.25) is 0 Å². The van der Waals surface area contributed by atoms with Gasteiger partial charge in [0.25, 0.3) is 0 Å². The Bertz CT molecular complexity index is 428. The average molecular weight is 291 g/mol. The van der Waals surface area contributed by atoms with Gasteiger partial charge in [-0.1, -0.05) is 6.07 Å². The molecule has 4 heteroatoms. The summed E-state index contributed by atoms with van der Waals surface area (Å²) in [6.45, 7) is 8.04. The second kappa shape index (κ2) is 8.25. The number of hydrogen-bond donors (Lipinski definition) is 1. The molecule has 1 N–H and O–H groups in total. The number of nitrogens with one attached hydrogen (secondary N) is 1. The second-order valence-electron chi connectivity index (χ2n) is 5.91. The van der Waals surface area contributed by atoms with E-state index in [9.17, 15) is 0 Å². The molecule has 0 radical (unpaired) electrons. The van der Waals surface area contributed by atoms with Gasteiger partial charge in [-0.2, -0.15) is 0 Å². The molecule has 4 nitrogen and oxygen atoms in total. The van der Waals surface area contributed by atoms with Crippen molar-refractivity contribution in [1.29, 1.82) is 0 Å². The molecule has 21 heavy (non-hydrogen) atoms. The lowest BCUT2D eigenvalue weighted by Gasteiger charge is -2.22. The summed E-state index contributed by atoms with van der Waals surface area (Å²) in [5.41, 5.74) is 2.55. The van der Waals surface area contributed by atoms with Crippen LogP contribution in [0.4, 0.5) is 5.69 Å². The molecule has 2 rings (SSSR count). The van der Waals surface area contributed by atoms with E-state index in [0.717, 1.165) is 45.1 Å². The largest absolute Gasteiger partial charge is 0.492 e. The molecule has 0 aromatic heterocycles. The van der Waals surface area contributed by atoms with Crippen LogP contribution in [0, 0.1) is 0 Å². The van der Waals surface area contributed by atoms with E-state index in [1.165, 1.54) is 24.1 Å². The van der Waals surface area contributed by atoms with Crippen molar-refractivity contribution in [3.05, 3.63) is 23.8 Å². The number of anilines is 1. The Balaban J connectivity index is 1.98. The predicted octanol–water partition coefficient (Wildman–Crippen LogP) is 2.34. The van der Waals surface area contributed by atoms with Crippen molar-refractivity contribution in [2.24, 2.45) is 0 Å². The third-order valence-electron chi connectivity index (χ3n) is 3.84. The topological polar surface area (TPSA) is 27.7 Å². The van der Waals surface area contributed by atoms with Crippen LogP contribution in [0.15, 0.2) is 18.2 Å². The van der Waals surface area contributed by atoms with Crippen molar-refractivity contribution < 1.29 is 4.74 Å². The summed E-state index contributed by atoms with van der Waals surface area (Å²) >= 11 is 0. The van der Waals surface area contributed by atoms with E-state index in [1.54, 1.807) is 0 Å². The standard InChI is InChI=1S/C17H29N3O/c1-4-21-17-13-15(14-18-9-12-19(2)3)7-8-16(17)20-10-5-6-11-20/h7-8,13,18H,4-6,9-12,14H2,1-3H3. The average Bonchev–Trinajstić information content (AvgIpc) is 2.98. The first-order valence-corrected chi connectivity index (χ1v) is 8.07. The Labute approximate surface area is 129 Å². The highest BCUT2D eigenvalue weighted by atomic mass is 16.5. The van der Waals surface area contributed by atoms with Crippen molar-refractivity contribution in [3.8, 4) is 5.75 Å². The number of nitrogens with zero attached hydrogens (tertiary/aromatic N) is 2. The minimum absolute atomic E-state index is 0.721. The highest BCUT2D eigenvalue weighted by molar-refractivity contribution is 5.60. The minimum atomic E-state index is 0.721. The Morgan fingerprint density at radius 1 is 1.24 bits per heavy atom. The maximum absolute atomic E-state index is 5.86. The van der Waals surface area contributed by atoms with Gasteiger partial charge in [0.05, 0.1) is 12.3 Å². The lowest BCUT2D eigenvalue weighted by atomic mass is 10.1. The van der Waals surface area contributed by atoms with E-state index in [1.807, 2.05) is 0 Å². The van der Waals surface area contributed by atoms with Gasteiger partial charge in [-0.25, -0.2) is 0 Å². The Morgan fingerprint density at radius 2 is 2.00 bits per heavy atom. The molecule has 118 valence electrons. The summed E-state index contributed by atoms with van der Waals surface area (Å²) in [6, 6.07) is 6.64. The molecule has 0 amide bonds. The fraction of sp³-hybridized carbons (Fsp3) is 0.647. The van der Waals surface area contributed by atoms with Crippen molar-refractivity contribution in [2.75, 3.05) is 51.8 Å². The molecule has 0 unspecified atom stereocenters. The third-order valence-corrected chi connectivity index (χ3v) is 3.84. The molecular formula is C17H29N3O. The zero-order valence-corrected chi connectivity index (χ0v) is 13.7. The molecule has 0 spiro atoms. The lowest BCUT2D eigenvalue weighted by molar-refractivity contribution is 0.340. The molecule has 1 aliphatic heterocycles. The molecule has 1 aromatic rings. The Hall–Kier alpha value is -1.26. The van der Waals surface area contributed by atoms with E-state index in [2.05, 4.69) is 54.3 Å². The van der Waals surface area contributed by atoms with Crippen molar-refractivity contribution in [1.82, 2.24) is 10.2 Å². The quantitative estimate of drug-likeness (QED) is 0.744. The summed E-state index contributed by atoms with van der Waals surface area (Å²) < 4.78 is 5.86. The van der Waals surface area contributed by atoms with E-state index >= 15 is 0 Å². The lowest BCUT2D eigenvalue weighted by Crippen LogP contribution is -2.26. The molecule has 1 heterocycles. The zero-order chi connectivity index (χ0) is 15.1. The SMILES string of the molecule is CCOc1cc(CNCCN(C)C)ccc1N1CCCC1. The number of ether oxygens (including phenoxy) is 1. The fourth-order valence-corrected chi connectivity index (χ4v) is 2.69. The second-order valence-corrected chi connectivity index (χ2v) is 5.91. The molecular weight excluding hydrogens is 262 g/mol. The van der Waals surface area contributed by atoms with Crippen molar-refractivity contribution in [2.45, 2.75) is 26.3 Å². The predicted molar refractivity (Wildman–Crippen MR) is 89.3 cm³/mol. The first-order valence-electron chi connectivity index (χ1n) is 8.07. The number of rotatable bonds is 8. The zero-order valence-electron chi connectivity index (χ0n) is 13.7. The van der Waals surface area contributed by atoms with Gasteiger partial charge in [-0.05, 0) is 51.6 Å². The van der Waals surface area contributed by atoms with E-state index in [-0.39, 0.29) is 0 Å². The van der Waals surface area contributed by atoms with Gasteiger partial charge in [0.1, 0.15) is 5.75 Å². The minimum Gasteiger partial charge on any atom is -0.492 e. The van der Waals surface area contributed by atoms with Gasteiger partial charge in [-0.3, -0.25) is 0 Å². The summed E-state index contributed by atoms with van der Waals surface area (Å²) in [6.07, 6.45) is 2.58. The molecule has 1 aliphatic rings. The fourth-order valence-electron chi connectivity index (χ4n) is 2.69. The van der Waals surface area contributed by atoms with Crippen LogP contribution in [0.3, 0.4) is 0 Å². The normalized spacial score (nSPS) is 15.0. The molecule has 1 fully saturated rings. The monoisotopic (exact) mass is 291 g/mol. The van der Waals surface area contributed by atoms with Gasteiger partial charge in [-0.15, -0.1) is 0 Å². The van der Waals surface area contributed by atoms with E-state index in [4.69, 9.17) is 4.74 Å². The van der Waals surface area contributed by atoms with Crippen LogP contribution < -0.4 is 15.0 Å². The van der Waals surface area contributed by atoms with Gasteiger partial charge in [0.15, 0.2) is 0 Å². The van der Waals surface area contributed by atoms with Crippen LogP contribution in [0.25, 0.3) is 0 Å².